The first-order chi connectivity index (χ1) is 11.7. The van der Waals surface area contributed by atoms with E-state index in [-0.39, 0.29) is 36.0 Å². The van der Waals surface area contributed by atoms with Crippen LogP contribution in [0.3, 0.4) is 0 Å². The van der Waals surface area contributed by atoms with Crippen molar-refractivity contribution in [2.75, 3.05) is 13.2 Å². The molecule has 1 aliphatic rings. The van der Waals surface area contributed by atoms with Gasteiger partial charge < -0.3 is 19.2 Å². The van der Waals surface area contributed by atoms with Crippen molar-refractivity contribution < 1.29 is 23.1 Å². The van der Waals surface area contributed by atoms with Gasteiger partial charge >= 0.3 is 0 Å². The molecule has 24 heavy (non-hydrogen) atoms. The summed E-state index contributed by atoms with van der Waals surface area (Å²) >= 11 is 0. The molecule has 0 unspecified atom stereocenters. The number of amides is 1. The molecule has 128 valence electrons. The molecule has 1 atom stereocenters. The van der Waals surface area contributed by atoms with Crippen molar-refractivity contribution in [2.24, 2.45) is 0 Å². The average molecular weight is 334 g/mol. The molecule has 1 saturated heterocycles. The minimum atomic E-state index is -0.334. The van der Waals surface area contributed by atoms with Crippen molar-refractivity contribution in [3.05, 3.63) is 47.9 Å². The lowest BCUT2D eigenvalue weighted by atomic mass is 10.1. The fraction of sp³-hybridized carbons (Fsp3) is 0.412. The SMILES string of the molecule is O=C(NC[C@H]1CCCCO1)c1coc(COc2ccc(F)cc2)n1. The Morgan fingerprint density at radius 1 is 1.33 bits per heavy atom. The summed E-state index contributed by atoms with van der Waals surface area (Å²) in [4.78, 5) is 16.1. The molecule has 0 aliphatic carbocycles. The fourth-order valence-corrected chi connectivity index (χ4v) is 2.42. The van der Waals surface area contributed by atoms with Gasteiger partial charge in [0.15, 0.2) is 12.3 Å². The van der Waals surface area contributed by atoms with E-state index in [1.165, 1.54) is 30.5 Å². The van der Waals surface area contributed by atoms with Gasteiger partial charge in [0.25, 0.3) is 5.91 Å². The summed E-state index contributed by atoms with van der Waals surface area (Å²) < 4.78 is 29.0. The van der Waals surface area contributed by atoms with Crippen molar-refractivity contribution in [3.8, 4) is 5.75 Å². The highest BCUT2D eigenvalue weighted by atomic mass is 19.1. The Kier molecular flexibility index (Phi) is 5.43. The summed E-state index contributed by atoms with van der Waals surface area (Å²) in [5.41, 5.74) is 0.198. The standard InChI is InChI=1S/C17H19FN2O4/c18-12-4-6-13(7-5-12)23-11-16-20-15(10-24-16)17(21)19-9-14-3-1-2-8-22-14/h4-7,10,14H,1-3,8-9,11H2,(H,19,21)/t14-/m1/s1. The first kappa shape index (κ1) is 16.4. The Balaban J connectivity index is 1.47. The van der Waals surface area contributed by atoms with Crippen LogP contribution in [0.25, 0.3) is 0 Å². The molecule has 1 aliphatic heterocycles. The summed E-state index contributed by atoms with van der Waals surface area (Å²) in [6, 6.07) is 5.63. The lowest BCUT2D eigenvalue weighted by Crippen LogP contribution is -2.35. The van der Waals surface area contributed by atoms with Gasteiger partial charge in [-0.15, -0.1) is 0 Å². The van der Waals surface area contributed by atoms with E-state index in [0.717, 1.165) is 25.9 Å². The molecular formula is C17H19FN2O4. The van der Waals surface area contributed by atoms with Crippen LogP contribution in [0.5, 0.6) is 5.75 Å². The molecule has 0 bridgehead atoms. The number of benzene rings is 1. The molecule has 1 aromatic heterocycles. The maximum Gasteiger partial charge on any atom is 0.273 e. The van der Waals surface area contributed by atoms with E-state index >= 15 is 0 Å². The molecule has 6 nitrogen and oxygen atoms in total. The van der Waals surface area contributed by atoms with Crippen LogP contribution < -0.4 is 10.1 Å². The van der Waals surface area contributed by atoms with Crippen molar-refractivity contribution in [1.29, 1.82) is 0 Å². The lowest BCUT2D eigenvalue weighted by molar-refractivity contribution is 0.0168. The highest BCUT2D eigenvalue weighted by molar-refractivity contribution is 5.91. The van der Waals surface area contributed by atoms with Crippen molar-refractivity contribution in [3.63, 3.8) is 0 Å². The van der Waals surface area contributed by atoms with Gasteiger partial charge in [-0.1, -0.05) is 0 Å². The number of ether oxygens (including phenoxy) is 2. The molecule has 1 amide bonds. The van der Waals surface area contributed by atoms with Gasteiger partial charge in [0.05, 0.1) is 6.10 Å². The van der Waals surface area contributed by atoms with Crippen molar-refractivity contribution >= 4 is 5.91 Å². The smallest absolute Gasteiger partial charge is 0.273 e. The van der Waals surface area contributed by atoms with Gasteiger partial charge in [0, 0.05) is 13.2 Å². The predicted molar refractivity (Wildman–Crippen MR) is 83.2 cm³/mol. The number of hydrogen-bond acceptors (Lipinski definition) is 5. The zero-order chi connectivity index (χ0) is 16.8. The third-order valence-corrected chi connectivity index (χ3v) is 3.72. The van der Waals surface area contributed by atoms with E-state index in [2.05, 4.69) is 10.3 Å². The highest BCUT2D eigenvalue weighted by Crippen LogP contribution is 2.14. The molecular weight excluding hydrogens is 315 g/mol. The Hall–Kier alpha value is -2.41. The number of halogens is 1. The van der Waals surface area contributed by atoms with E-state index < -0.39 is 0 Å². The maximum absolute atomic E-state index is 12.8. The summed E-state index contributed by atoms with van der Waals surface area (Å²) in [6.07, 6.45) is 4.51. The maximum atomic E-state index is 12.8. The van der Waals surface area contributed by atoms with Gasteiger partial charge in [-0.05, 0) is 43.5 Å². The van der Waals surface area contributed by atoms with E-state index in [4.69, 9.17) is 13.9 Å². The lowest BCUT2D eigenvalue weighted by Gasteiger charge is -2.22. The molecule has 2 heterocycles. The van der Waals surface area contributed by atoms with Crippen LogP contribution in [0.1, 0.15) is 35.6 Å². The van der Waals surface area contributed by atoms with Crippen LogP contribution >= 0.6 is 0 Å². The monoisotopic (exact) mass is 334 g/mol. The molecule has 2 aromatic rings. The van der Waals surface area contributed by atoms with Gasteiger partial charge in [-0.3, -0.25) is 4.79 Å². The normalized spacial score (nSPS) is 17.5. The number of nitrogens with one attached hydrogen (secondary N) is 1. The largest absolute Gasteiger partial charge is 0.484 e. The van der Waals surface area contributed by atoms with Crippen LogP contribution in [0.4, 0.5) is 4.39 Å². The summed E-state index contributed by atoms with van der Waals surface area (Å²) in [6.45, 7) is 1.27. The number of rotatable bonds is 6. The van der Waals surface area contributed by atoms with Crippen molar-refractivity contribution in [2.45, 2.75) is 32.0 Å². The Morgan fingerprint density at radius 2 is 2.17 bits per heavy atom. The van der Waals surface area contributed by atoms with Crippen LogP contribution in [-0.4, -0.2) is 30.1 Å². The number of carbonyl (C=O) groups excluding carboxylic acids is 1. The first-order valence-electron chi connectivity index (χ1n) is 7.93. The van der Waals surface area contributed by atoms with Crippen LogP contribution in [0.15, 0.2) is 34.9 Å². The Bertz CT molecular complexity index is 665. The minimum Gasteiger partial charge on any atom is -0.484 e. The van der Waals surface area contributed by atoms with Gasteiger partial charge in [0.1, 0.15) is 17.8 Å². The third kappa shape index (κ3) is 4.55. The van der Waals surface area contributed by atoms with Crippen LogP contribution in [0, 0.1) is 5.82 Å². The van der Waals surface area contributed by atoms with E-state index in [0.29, 0.717) is 12.3 Å². The zero-order valence-electron chi connectivity index (χ0n) is 13.2. The molecule has 3 rings (SSSR count). The topological polar surface area (TPSA) is 73.6 Å². The second-order valence-electron chi connectivity index (χ2n) is 5.57. The van der Waals surface area contributed by atoms with Gasteiger partial charge in [-0.2, -0.15) is 0 Å². The fourth-order valence-electron chi connectivity index (χ4n) is 2.42. The average Bonchev–Trinajstić information content (AvgIpc) is 3.09. The van der Waals surface area contributed by atoms with Gasteiger partial charge in [-0.25, -0.2) is 9.37 Å². The van der Waals surface area contributed by atoms with E-state index in [1.54, 1.807) is 0 Å². The minimum absolute atomic E-state index is 0.0602. The number of carbonyl (C=O) groups is 1. The first-order valence-corrected chi connectivity index (χ1v) is 7.93. The molecule has 0 saturated carbocycles. The van der Waals surface area contributed by atoms with Crippen molar-refractivity contribution in [1.82, 2.24) is 10.3 Å². The van der Waals surface area contributed by atoms with Crippen LogP contribution in [-0.2, 0) is 11.3 Å². The molecule has 0 spiro atoms. The summed E-state index contributed by atoms with van der Waals surface area (Å²) in [5.74, 6) is 0.133. The molecule has 1 N–H and O–H groups in total. The molecule has 1 fully saturated rings. The molecule has 1 aromatic carbocycles. The summed E-state index contributed by atoms with van der Waals surface area (Å²) in [7, 11) is 0. The highest BCUT2D eigenvalue weighted by Gasteiger charge is 2.17. The quantitative estimate of drug-likeness (QED) is 0.879. The summed E-state index contributed by atoms with van der Waals surface area (Å²) in [5, 5.41) is 2.79. The third-order valence-electron chi connectivity index (χ3n) is 3.72. The van der Waals surface area contributed by atoms with E-state index in [1.807, 2.05) is 0 Å². The number of oxazole rings is 1. The van der Waals surface area contributed by atoms with E-state index in [9.17, 15) is 9.18 Å². The number of nitrogens with zero attached hydrogens (tertiary/aromatic N) is 1. The second-order valence-corrected chi connectivity index (χ2v) is 5.57. The molecule has 0 radical (unpaired) electrons. The zero-order valence-corrected chi connectivity index (χ0v) is 13.2. The number of aromatic nitrogens is 1. The predicted octanol–water partition coefficient (Wildman–Crippen LogP) is 2.69. The van der Waals surface area contributed by atoms with Crippen LogP contribution in [0.2, 0.25) is 0 Å². The Morgan fingerprint density at radius 3 is 2.92 bits per heavy atom. The Labute approximate surface area is 139 Å². The molecule has 7 heteroatoms. The second kappa shape index (κ2) is 7.92. The van der Waals surface area contributed by atoms with Gasteiger partial charge in [0.2, 0.25) is 5.89 Å². The number of hydrogen-bond donors (Lipinski definition) is 1.